The molecule has 0 spiro atoms. The van der Waals surface area contributed by atoms with E-state index >= 15 is 0 Å². The average Bonchev–Trinajstić information content (AvgIpc) is 2.73. The number of aromatic nitrogens is 1. The first kappa shape index (κ1) is 14.2. The number of ether oxygens (including phenoxy) is 1. The lowest BCUT2D eigenvalue weighted by molar-refractivity contribution is 0.392. The molecule has 0 aliphatic heterocycles. The summed E-state index contributed by atoms with van der Waals surface area (Å²) in [5.74, 6) is 0.778. The summed E-state index contributed by atoms with van der Waals surface area (Å²) in [4.78, 5) is 0. The number of sulfonamides is 1. The van der Waals surface area contributed by atoms with E-state index in [1.807, 2.05) is 0 Å². The molecule has 7 nitrogen and oxygen atoms in total. The van der Waals surface area contributed by atoms with Gasteiger partial charge in [-0.3, -0.25) is 4.72 Å². The first-order valence-corrected chi connectivity index (χ1v) is 7.41. The van der Waals surface area contributed by atoms with E-state index in [0.29, 0.717) is 28.6 Å². The number of nitrogens with two attached hydrogens (primary N) is 1. The van der Waals surface area contributed by atoms with Crippen LogP contribution >= 0.6 is 0 Å². The van der Waals surface area contributed by atoms with Crippen LogP contribution in [0.2, 0.25) is 0 Å². The summed E-state index contributed by atoms with van der Waals surface area (Å²) in [7, 11) is -2.09. The highest BCUT2D eigenvalue weighted by Crippen LogP contribution is 2.25. The third-order valence-corrected chi connectivity index (χ3v) is 3.74. The molecule has 2 aromatic rings. The predicted octanol–water partition coefficient (Wildman–Crippen LogP) is 1.52. The van der Waals surface area contributed by atoms with Crippen LogP contribution in [0.25, 0.3) is 0 Å². The molecule has 0 unspecified atom stereocenters. The number of nitrogens with one attached hydrogen (secondary N) is 1. The van der Waals surface area contributed by atoms with Crippen LogP contribution in [0.15, 0.2) is 28.8 Å². The fourth-order valence-electron chi connectivity index (χ4n) is 1.69. The van der Waals surface area contributed by atoms with Crippen molar-refractivity contribution in [2.75, 3.05) is 17.6 Å². The molecule has 1 aromatic heterocycles. The second kappa shape index (κ2) is 5.41. The smallest absolute Gasteiger partial charge is 0.238 e. The summed E-state index contributed by atoms with van der Waals surface area (Å²) in [6, 6.07) is 6.22. The molecule has 3 N–H and O–H groups in total. The van der Waals surface area contributed by atoms with Crippen molar-refractivity contribution >= 4 is 21.4 Å². The van der Waals surface area contributed by atoms with Gasteiger partial charge in [0.05, 0.1) is 18.5 Å². The van der Waals surface area contributed by atoms with Crippen molar-refractivity contribution < 1.29 is 17.7 Å². The fraction of sp³-hybridized carbons (Fsp3) is 0.250. The van der Waals surface area contributed by atoms with Gasteiger partial charge in [-0.25, -0.2) is 8.42 Å². The monoisotopic (exact) mass is 297 g/mol. The van der Waals surface area contributed by atoms with E-state index in [9.17, 15) is 8.42 Å². The molecule has 0 amide bonds. The molecule has 0 aliphatic rings. The van der Waals surface area contributed by atoms with E-state index in [1.165, 1.54) is 13.2 Å². The van der Waals surface area contributed by atoms with Crippen LogP contribution in [0.4, 0.5) is 11.4 Å². The van der Waals surface area contributed by atoms with Crippen molar-refractivity contribution in [2.45, 2.75) is 12.7 Å². The summed E-state index contributed by atoms with van der Waals surface area (Å²) in [6.45, 7) is 1.70. The average molecular weight is 297 g/mol. The van der Waals surface area contributed by atoms with Crippen LogP contribution in [0.5, 0.6) is 5.75 Å². The second-order valence-electron chi connectivity index (χ2n) is 4.25. The SMILES string of the molecule is COc1ccc(NS(=O)(=O)Cc2cc(C)on2)cc1N. The molecule has 0 fully saturated rings. The molecular weight excluding hydrogens is 282 g/mol. The molecule has 20 heavy (non-hydrogen) atoms. The molecule has 1 aromatic carbocycles. The van der Waals surface area contributed by atoms with Gasteiger partial charge in [-0.2, -0.15) is 0 Å². The topological polar surface area (TPSA) is 107 Å². The van der Waals surface area contributed by atoms with E-state index < -0.39 is 10.0 Å². The Morgan fingerprint density at radius 1 is 1.40 bits per heavy atom. The highest BCUT2D eigenvalue weighted by molar-refractivity contribution is 7.91. The summed E-state index contributed by atoms with van der Waals surface area (Å²) in [5.41, 5.74) is 6.78. The number of benzene rings is 1. The lowest BCUT2D eigenvalue weighted by Gasteiger charge is -2.09. The zero-order chi connectivity index (χ0) is 14.8. The molecule has 2 rings (SSSR count). The quantitative estimate of drug-likeness (QED) is 0.810. The Labute approximate surface area is 116 Å². The molecule has 0 saturated carbocycles. The molecular formula is C12H15N3O4S. The Balaban J connectivity index is 2.13. The van der Waals surface area contributed by atoms with Crippen LogP contribution in [0.3, 0.4) is 0 Å². The number of aryl methyl sites for hydroxylation is 1. The lowest BCUT2D eigenvalue weighted by atomic mass is 10.2. The molecule has 0 radical (unpaired) electrons. The van der Waals surface area contributed by atoms with Crippen molar-refractivity contribution in [3.05, 3.63) is 35.7 Å². The van der Waals surface area contributed by atoms with Gasteiger partial charge in [-0.1, -0.05) is 5.16 Å². The Kier molecular flexibility index (Phi) is 3.84. The van der Waals surface area contributed by atoms with Crippen LogP contribution in [0.1, 0.15) is 11.5 Å². The van der Waals surface area contributed by atoms with E-state index in [1.54, 1.807) is 25.1 Å². The number of anilines is 2. The standard InChI is InChI=1S/C12H15N3O4S/c1-8-5-10(14-19-8)7-20(16,17)15-9-3-4-12(18-2)11(13)6-9/h3-6,15H,7,13H2,1-2H3. The van der Waals surface area contributed by atoms with Gasteiger partial charge in [0.15, 0.2) is 0 Å². The van der Waals surface area contributed by atoms with Crippen molar-refractivity contribution in [1.29, 1.82) is 0 Å². The zero-order valence-corrected chi connectivity index (χ0v) is 11.9. The first-order valence-electron chi connectivity index (χ1n) is 5.76. The van der Waals surface area contributed by atoms with Crippen LogP contribution in [-0.2, 0) is 15.8 Å². The van der Waals surface area contributed by atoms with Crippen molar-refractivity contribution in [3.63, 3.8) is 0 Å². The van der Waals surface area contributed by atoms with Gasteiger partial charge >= 0.3 is 0 Å². The molecule has 0 aliphatic carbocycles. The van der Waals surface area contributed by atoms with E-state index in [-0.39, 0.29) is 5.75 Å². The van der Waals surface area contributed by atoms with Crippen molar-refractivity contribution in [2.24, 2.45) is 0 Å². The van der Waals surface area contributed by atoms with E-state index in [4.69, 9.17) is 15.0 Å². The number of rotatable bonds is 5. The minimum absolute atomic E-state index is 0.268. The van der Waals surface area contributed by atoms with Gasteiger partial charge in [0.2, 0.25) is 10.0 Å². The van der Waals surface area contributed by atoms with E-state index in [0.717, 1.165) is 0 Å². The third kappa shape index (κ3) is 3.41. The molecule has 0 saturated heterocycles. The van der Waals surface area contributed by atoms with E-state index in [2.05, 4.69) is 9.88 Å². The number of methoxy groups -OCH3 is 1. The Bertz CT molecular complexity index is 709. The Morgan fingerprint density at radius 2 is 2.15 bits per heavy atom. The maximum atomic E-state index is 12.0. The zero-order valence-electron chi connectivity index (χ0n) is 11.1. The van der Waals surface area contributed by atoms with Gasteiger partial charge in [0, 0.05) is 6.07 Å². The van der Waals surface area contributed by atoms with Crippen LogP contribution in [-0.4, -0.2) is 20.7 Å². The predicted molar refractivity (Wildman–Crippen MR) is 74.9 cm³/mol. The van der Waals surface area contributed by atoms with Gasteiger partial charge in [-0.05, 0) is 25.1 Å². The number of hydrogen-bond acceptors (Lipinski definition) is 6. The molecule has 0 atom stereocenters. The maximum absolute atomic E-state index is 12.0. The van der Waals surface area contributed by atoms with Crippen molar-refractivity contribution in [1.82, 2.24) is 5.16 Å². The Morgan fingerprint density at radius 3 is 2.70 bits per heavy atom. The minimum atomic E-state index is -3.58. The van der Waals surface area contributed by atoms with Gasteiger partial charge in [-0.15, -0.1) is 0 Å². The molecule has 1 heterocycles. The minimum Gasteiger partial charge on any atom is -0.495 e. The first-order chi connectivity index (χ1) is 9.39. The second-order valence-corrected chi connectivity index (χ2v) is 5.97. The number of hydrogen-bond donors (Lipinski definition) is 2. The van der Waals surface area contributed by atoms with Crippen LogP contribution < -0.4 is 15.2 Å². The summed E-state index contributed by atoms with van der Waals surface area (Å²) >= 11 is 0. The highest BCUT2D eigenvalue weighted by Gasteiger charge is 2.15. The number of nitrogens with zero attached hydrogens (tertiary/aromatic N) is 1. The van der Waals surface area contributed by atoms with Gasteiger partial charge in [0.1, 0.15) is 23.0 Å². The maximum Gasteiger partial charge on any atom is 0.238 e. The Hall–Kier alpha value is -2.22. The van der Waals surface area contributed by atoms with Crippen LogP contribution in [0, 0.1) is 6.92 Å². The summed E-state index contributed by atoms with van der Waals surface area (Å²) in [6.07, 6.45) is 0. The molecule has 108 valence electrons. The molecule has 0 bridgehead atoms. The summed E-state index contributed by atoms with van der Waals surface area (Å²) < 4.78 is 36.2. The third-order valence-electron chi connectivity index (χ3n) is 2.52. The highest BCUT2D eigenvalue weighted by atomic mass is 32.2. The van der Waals surface area contributed by atoms with Crippen molar-refractivity contribution in [3.8, 4) is 5.75 Å². The number of nitrogen functional groups attached to an aromatic ring is 1. The fourth-order valence-corrected chi connectivity index (χ4v) is 2.78. The normalized spacial score (nSPS) is 11.3. The van der Waals surface area contributed by atoms with Gasteiger partial charge < -0.3 is 15.0 Å². The summed E-state index contributed by atoms with van der Waals surface area (Å²) in [5, 5.41) is 3.65. The largest absolute Gasteiger partial charge is 0.495 e. The molecule has 8 heteroatoms. The lowest BCUT2D eigenvalue weighted by Crippen LogP contribution is -2.15. The van der Waals surface area contributed by atoms with Gasteiger partial charge in [0.25, 0.3) is 0 Å².